The van der Waals surface area contributed by atoms with E-state index in [0.717, 1.165) is 25.8 Å². The second kappa shape index (κ2) is 8.40. The number of amides is 1. The number of aliphatic imine (C=N–C) groups is 1. The average molecular weight is 371 g/mol. The number of fused-ring (bicyclic) bond motifs is 1. The van der Waals surface area contributed by atoms with Crippen LogP contribution in [-0.2, 0) is 9.53 Å². The molecule has 0 aromatic carbocycles. The molecule has 6 heteroatoms. The number of ether oxygens (including phenoxy) is 1. The molecule has 2 aliphatic heterocycles. The molecule has 1 saturated heterocycles. The van der Waals surface area contributed by atoms with Gasteiger partial charge in [-0.15, -0.1) is 0 Å². The number of carbonyl (C=O) groups excluding carboxylic acids is 1. The molecular weight excluding hydrogens is 342 g/mol. The molecule has 1 fully saturated rings. The Morgan fingerprint density at radius 2 is 2.41 bits per heavy atom. The van der Waals surface area contributed by atoms with Crippen LogP contribution in [0.4, 0.5) is 0 Å². The highest BCUT2D eigenvalue weighted by Gasteiger charge is 2.43. The predicted molar refractivity (Wildman–Crippen MR) is 104 cm³/mol. The van der Waals surface area contributed by atoms with Crippen molar-refractivity contribution in [1.82, 2.24) is 10.6 Å². The molecule has 0 spiro atoms. The van der Waals surface area contributed by atoms with Gasteiger partial charge < -0.3 is 14.5 Å². The maximum absolute atomic E-state index is 12.7. The van der Waals surface area contributed by atoms with E-state index in [9.17, 15) is 4.79 Å². The van der Waals surface area contributed by atoms with Gasteiger partial charge in [0.05, 0.1) is 19.1 Å². The summed E-state index contributed by atoms with van der Waals surface area (Å²) in [5, 5.41) is 6.57. The van der Waals surface area contributed by atoms with E-state index in [1.165, 1.54) is 5.56 Å². The van der Waals surface area contributed by atoms with Crippen LogP contribution in [0.15, 0.2) is 40.2 Å². The number of nitrogens with zero attached hydrogens (tertiary/aromatic N) is 1. The first-order valence-electron chi connectivity index (χ1n) is 10.00. The Morgan fingerprint density at radius 3 is 3.22 bits per heavy atom. The Labute approximate surface area is 160 Å². The highest BCUT2D eigenvalue weighted by Crippen LogP contribution is 2.43. The summed E-state index contributed by atoms with van der Waals surface area (Å²) in [6.07, 6.45) is 13.3. The van der Waals surface area contributed by atoms with Gasteiger partial charge in [-0.25, -0.2) is 0 Å². The SMILES string of the molecule is COCCNC(=O)C1CCC=CC1C1C=NC2NCC(c3ccoc3)C2C1. The van der Waals surface area contributed by atoms with Crippen LogP contribution in [0.2, 0.25) is 0 Å². The minimum absolute atomic E-state index is 0.0154. The highest BCUT2D eigenvalue weighted by atomic mass is 16.5. The molecule has 2 N–H and O–H groups in total. The third kappa shape index (κ3) is 3.87. The molecule has 6 unspecified atom stereocenters. The quantitative estimate of drug-likeness (QED) is 0.594. The molecule has 0 bridgehead atoms. The van der Waals surface area contributed by atoms with E-state index in [1.54, 1.807) is 13.4 Å². The van der Waals surface area contributed by atoms with Crippen molar-refractivity contribution in [2.75, 3.05) is 26.8 Å². The number of rotatable bonds is 6. The molecule has 27 heavy (non-hydrogen) atoms. The standard InChI is InChI=1S/C21H29N3O3/c1-26-9-7-22-21(25)17-5-3-2-4-16(17)15-10-18-19(14-6-8-27-13-14)12-24-20(18)23-11-15/h2,4,6,8,11,13,15-20,24H,3,5,7,9-10,12H2,1H3,(H,22,25). The molecule has 1 amide bonds. The van der Waals surface area contributed by atoms with E-state index in [0.29, 0.717) is 30.9 Å². The lowest BCUT2D eigenvalue weighted by atomic mass is 9.70. The Morgan fingerprint density at radius 1 is 1.48 bits per heavy atom. The van der Waals surface area contributed by atoms with Gasteiger partial charge in [-0.3, -0.25) is 15.1 Å². The van der Waals surface area contributed by atoms with Crippen molar-refractivity contribution < 1.29 is 13.9 Å². The van der Waals surface area contributed by atoms with Gasteiger partial charge in [0.15, 0.2) is 0 Å². The van der Waals surface area contributed by atoms with Crippen LogP contribution < -0.4 is 10.6 Å². The number of hydrogen-bond donors (Lipinski definition) is 2. The second-order valence-corrected chi connectivity index (χ2v) is 7.85. The fourth-order valence-electron chi connectivity index (χ4n) is 4.92. The van der Waals surface area contributed by atoms with Crippen LogP contribution >= 0.6 is 0 Å². The van der Waals surface area contributed by atoms with Crippen LogP contribution in [0.3, 0.4) is 0 Å². The lowest BCUT2D eigenvalue weighted by molar-refractivity contribution is -0.127. The van der Waals surface area contributed by atoms with E-state index < -0.39 is 0 Å². The lowest BCUT2D eigenvalue weighted by Crippen LogP contribution is -2.42. The highest BCUT2D eigenvalue weighted by molar-refractivity contribution is 5.80. The molecule has 0 radical (unpaired) electrons. The van der Waals surface area contributed by atoms with E-state index in [1.807, 2.05) is 6.26 Å². The van der Waals surface area contributed by atoms with Gasteiger partial charge in [0.25, 0.3) is 0 Å². The van der Waals surface area contributed by atoms with Gasteiger partial charge in [0, 0.05) is 50.1 Å². The predicted octanol–water partition coefficient (Wildman–Crippen LogP) is 2.34. The fourth-order valence-corrected chi connectivity index (χ4v) is 4.92. The van der Waals surface area contributed by atoms with Gasteiger partial charge in [-0.1, -0.05) is 12.2 Å². The molecule has 3 heterocycles. The lowest BCUT2D eigenvalue weighted by Gasteiger charge is -2.36. The minimum Gasteiger partial charge on any atom is -0.472 e. The Bertz CT molecular complexity index is 685. The molecule has 3 aliphatic rings. The second-order valence-electron chi connectivity index (χ2n) is 7.85. The van der Waals surface area contributed by atoms with Crippen LogP contribution in [0.1, 0.15) is 30.7 Å². The van der Waals surface area contributed by atoms with Crippen molar-refractivity contribution in [1.29, 1.82) is 0 Å². The summed E-state index contributed by atoms with van der Waals surface area (Å²) >= 11 is 0. The Hall–Kier alpha value is -1.92. The van der Waals surface area contributed by atoms with Gasteiger partial charge in [0.1, 0.15) is 6.17 Å². The fraction of sp³-hybridized carbons (Fsp3) is 0.619. The van der Waals surface area contributed by atoms with E-state index in [4.69, 9.17) is 14.1 Å². The van der Waals surface area contributed by atoms with Crippen LogP contribution in [-0.4, -0.2) is 45.1 Å². The van der Waals surface area contributed by atoms with Crippen molar-refractivity contribution in [2.24, 2.45) is 28.7 Å². The van der Waals surface area contributed by atoms with Crippen molar-refractivity contribution >= 4 is 12.1 Å². The number of methoxy groups -OCH3 is 1. The van der Waals surface area contributed by atoms with E-state index in [2.05, 4.69) is 35.1 Å². The molecule has 1 aromatic rings. The molecule has 1 aromatic heterocycles. The number of allylic oxidation sites excluding steroid dienone is 2. The normalized spacial score (nSPS) is 35.1. The van der Waals surface area contributed by atoms with Gasteiger partial charge in [0.2, 0.25) is 5.91 Å². The maximum atomic E-state index is 12.7. The molecular formula is C21H29N3O3. The zero-order valence-electron chi connectivity index (χ0n) is 15.8. The largest absolute Gasteiger partial charge is 0.472 e. The van der Waals surface area contributed by atoms with Gasteiger partial charge in [-0.2, -0.15) is 0 Å². The molecule has 6 atom stereocenters. The monoisotopic (exact) mass is 371 g/mol. The zero-order valence-corrected chi connectivity index (χ0v) is 15.8. The van der Waals surface area contributed by atoms with Crippen molar-refractivity contribution in [3.05, 3.63) is 36.3 Å². The Kier molecular flexibility index (Phi) is 5.74. The first-order valence-corrected chi connectivity index (χ1v) is 10.00. The summed E-state index contributed by atoms with van der Waals surface area (Å²) in [7, 11) is 1.65. The summed E-state index contributed by atoms with van der Waals surface area (Å²) in [6, 6.07) is 2.06. The van der Waals surface area contributed by atoms with Gasteiger partial charge >= 0.3 is 0 Å². The molecule has 4 rings (SSSR count). The van der Waals surface area contributed by atoms with Crippen LogP contribution in [0, 0.1) is 23.7 Å². The van der Waals surface area contributed by atoms with Crippen LogP contribution in [0.25, 0.3) is 0 Å². The maximum Gasteiger partial charge on any atom is 0.223 e. The summed E-state index contributed by atoms with van der Waals surface area (Å²) in [5.74, 6) is 1.56. The third-order valence-electron chi connectivity index (χ3n) is 6.33. The molecule has 146 valence electrons. The summed E-state index contributed by atoms with van der Waals surface area (Å²) in [4.78, 5) is 17.6. The first-order chi connectivity index (χ1) is 13.3. The average Bonchev–Trinajstić information content (AvgIpc) is 3.37. The number of furan rings is 1. The molecule has 0 saturated carbocycles. The number of carbonyl (C=O) groups is 1. The summed E-state index contributed by atoms with van der Waals surface area (Å²) < 4.78 is 10.4. The van der Waals surface area contributed by atoms with E-state index >= 15 is 0 Å². The topological polar surface area (TPSA) is 75.9 Å². The van der Waals surface area contributed by atoms with Crippen molar-refractivity contribution in [2.45, 2.75) is 31.3 Å². The van der Waals surface area contributed by atoms with Crippen LogP contribution in [0.5, 0.6) is 0 Å². The first kappa shape index (κ1) is 18.4. The molecule has 6 nitrogen and oxygen atoms in total. The third-order valence-corrected chi connectivity index (χ3v) is 6.33. The van der Waals surface area contributed by atoms with Crippen molar-refractivity contribution in [3.8, 4) is 0 Å². The number of nitrogens with one attached hydrogen (secondary N) is 2. The van der Waals surface area contributed by atoms with Crippen molar-refractivity contribution in [3.63, 3.8) is 0 Å². The summed E-state index contributed by atoms with van der Waals surface area (Å²) in [5.41, 5.74) is 1.25. The molecule has 1 aliphatic carbocycles. The smallest absolute Gasteiger partial charge is 0.223 e. The van der Waals surface area contributed by atoms with E-state index in [-0.39, 0.29) is 23.9 Å². The number of hydrogen-bond acceptors (Lipinski definition) is 5. The summed E-state index contributed by atoms with van der Waals surface area (Å²) in [6.45, 7) is 2.05. The Balaban J connectivity index is 1.47. The zero-order chi connectivity index (χ0) is 18.6. The van der Waals surface area contributed by atoms with Gasteiger partial charge in [-0.05, 0) is 36.8 Å². The minimum atomic E-state index is 0.0154.